The second-order valence-corrected chi connectivity index (χ2v) is 9.64. The maximum Gasteiger partial charge on any atom is 0.333 e. The maximum atomic E-state index is 12.0. The van der Waals surface area contributed by atoms with Crippen LogP contribution in [0.2, 0.25) is 18.1 Å². The van der Waals surface area contributed by atoms with Crippen LogP contribution in [0.25, 0.3) is 0 Å². The minimum Gasteiger partial charge on any atom is -0.519 e. The molecule has 0 aromatic heterocycles. The molecule has 0 aromatic rings. The zero-order chi connectivity index (χ0) is 16.3. The number of carbonyl (C=O) groups is 2. The van der Waals surface area contributed by atoms with E-state index in [4.69, 9.17) is 9.16 Å². The molecule has 0 spiro atoms. The summed E-state index contributed by atoms with van der Waals surface area (Å²) in [6.45, 7) is 11.6. The zero-order valence-electron chi connectivity index (χ0n) is 14.0. The molecule has 0 aliphatic heterocycles. The molecule has 0 rings (SSSR count). The first kappa shape index (κ1) is 19.9. The van der Waals surface area contributed by atoms with E-state index < -0.39 is 14.3 Å². The highest BCUT2D eigenvalue weighted by molar-refractivity contribution is 6.75. The van der Waals surface area contributed by atoms with E-state index in [-0.39, 0.29) is 19.0 Å². The third kappa shape index (κ3) is 8.04. The monoisotopic (exact) mass is 314 g/mol. The molecule has 0 aromatic carbocycles. The van der Waals surface area contributed by atoms with Gasteiger partial charge in [0.2, 0.25) is 0 Å². The number of rotatable bonds is 11. The van der Waals surface area contributed by atoms with E-state index in [9.17, 15) is 9.59 Å². The topological polar surface area (TPSA) is 52.6 Å². The highest BCUT2D eigenvalue weighted by Crippen LogP contribution is 2.27. The highest BCUT2D eigenvalue weighted by atomic mass is 28.4. The Labute approximate surface area is 130 Å². The molecule has 0 fully saturated rings. The highest BCUT2D eigenvalue weighted by Gasteiger charge is 2.35. The molecule has 0 aliphatic carbocycles. The van der Waals surface area contributed by atoms with Gasteiger partial charge in [-0.25, -0.2) is 4.79 Å². The lowest BCUT2D eigenvalue weighted by molar-refractivity contribution is -0.142. The molecule has 0 unspecified atom stereocenters. The lowest BCUT2D eigenvalue weighted by atomic mass is 10.4. The zero-order valence-corrected chi connectivity index (χ0v) is 15.0. The average molecular weight is 314 g/mol. The van der Waals surface area contributed by atoms with Gasteiger partial charge in [-0.1, -0.05) is 46.6 Å². The maximum absolute atomic E-state index is 12.0. The van der Waals surface area contributed by atoms with Crippen molar-refractivity contribution < 1.29 is 18.8 Å². The Balaban J connectivity index is 4.44. The van der Waals surface area contributed by atoms with Crippen molar-refractivity contribution in [2.75, 3.05) is 6.61 Å². The number of esters is 1. The van der Waals surface area contributed by atoms with Crippen LogP contribution in [0.15, 0.2) is 12.2 Å². The number of ether oxygens (including phenoxy) is 1. The quantitative estimate of drug-likeness (QED) is 0.325. The third-order valence-electron chi connectivity index (χ3n) is 3.33. The summed E-state index contributed by atoms with van der Waals surface area (Å²) >= 11 is 0. The van der Waals surface area contributed by atoms with Crippen molar-refractivity contribution in [1.29, 1.82) is 0 Å². The summed E-state index contributed by atoms with van der Waals surface area (Å²) in [5.74, 6) is -0.687. The molecule has 0 aliphatic rings. The summed E-state index contributed by atoms with van der Waals surface area (Å²) in [6, 6.07) is 3.06. The van der Waals surface area contributed by atoms with Gasteiger partial charge in [0.15, 0.2) is 0 Å². The van der Waals surface area contributed by atoms with Crippen molar-refractivity contribution in [2.45, 2.75) is 71.5 Å². The van der Waals surface area contributed by atoms with E-state index in [1.54, 1.807) is 6.92 Å². The molecule has 0 N–H and O–H groups in total. The second kappa shape index (κ2) is 10.6. The van der Waals surface area contributed by atoms with Crippen LogP contribution in [0.5, 0.6) is 0 Å². The van der Waals surface area contributed by atoms with Gasteiger partial charge in [0.05, 0.1) is 6.42 Å². The lowest BCUT2D eigenvalue weighted by Crippen LogP contribution is -2.40. The summed E-state index contributed by atoms with van der Waals surface area (Å²) in [4.78, 5) is 23.3. The SMILES string of the molecule is C=C(C)C(=O)OCCC(=O)O[Si](CCC)(CCC)CCC. The van der Waals surface area contributed by atoms with E-state index in [1.807, 2.05) is 0 Å². The fraction of sp³-hybridized carbons (Fsp3) is 0.750. The van der Waals surface area contributed by atoms with Gasteiger partial charge in [-0.05, 0) is 25.1 Å². The van der Waals surface area contributed by atoms with E-state index in [0.29, 0.717) is 5.57 Å². The first-order valence-electron chi connectivity index (χ1n) is 7.95. The molecule has 21 heavy (non-hydrogen) atoms. The molecule has 0 saturated heterocycles. The van der Waals surface area contributed by atoms with Crippen LogP contribution >= 0.6 is 0 Å². The Morgan fingerprint density at radius 3 is 1.86 bits per heavy atom. The van der Waals surface area contributed by atoms with Gasteiger partial charge in [-0.2, -0.15) is 0 Å². The molecular formula is C16H30O4Si. The molecule has 0 saturated carbocycles. The van der Waals surface area contributed by atoms with Gasteiger partial charge in [0.25, 0.3) is 14.3 Å². The van der Waals surface area contributed by atoms with Gasteiger partial charge in [0, 0.05) is 5.57 Å². The third-order valence-corrected chi connectivity index (χ3v) is 8.23. The molecule has 0 radical (unpaired) electrons. The molecule has 0 atom stereocenters. The van der Waals surface area contributed by atoms with Crippen LogP contribution in [0, 0.1) is 0 Å². The Morgan fingerprint density at radius 2 is 1.48 bits per heavy atom. The van der Waals surface area contributed by atoms with E-state index in [2.05, 4.69) is 27.4 Å². The standard InChI is InChI=1S/C16H30O4Si/c1-6-11-21(12-7-2,13-8-3)20-15(17)9-10-19-16(18)14(4)5/h4,6-13H2,1-3,5H3. The Bertz CT molecular complexity index is 335. The largest absolute Gasteiger partial charge is 0.519 e. The summed E-state index contributed by atoms with van der Waals surface area (Å²) in [5, 5.41) is 0. The fourth-order valence-corrected chi connectivity index (χ4v) is 6.91. The average Bonchev–Trinajstić information content (AvgIpc) is 2.39. The molecule has 0 bridgehead atoms. The summed E-state index contributed by atoms with van der Waals surface area (Å²) in [7, 11) is -1.97. The van der Waals surface area contributed by atoms with Crippen LogP contribution in [0.4, 0.5) is 0 Å². The first-order valence-corrected chi connectivity index (χ1v) is 10.5. The van der Waals surface area contributed by atoms with Crippen molar-refractivity contribution in [3.63, 3.8) is 0 Å². The van der Waals surface area contributed by atoms with Crippen LogP contribution in [-0.4, -0.2) is 26.9 Å². The molecule has 0 heterocycles. The normalized spacial score (nSPS) is 11.0. The molecular weight excluding hydrogens is 284 g/mol. The van der Waals surface area contributed by atoms with Gasteiger partial charge in [-0.15, -0.1) is 0 Å². The van der Waals surface area contributed by atoms with Gasteiger partial charge in [-0.3, -0.25) is 4.79 Å². The Hall–Kier alpha value is -1.10. The van der Waals surface area contributed by atoms with E-state index in [0.717, 1.165) is 37.4 Å². The minimum absolute atomic E-state index is 0.0688. The lowest BCUT2D eigenvalue weighted by Gasteiger charge is -2.30. The predicted molar refractivity (Wildman–Crippen MR) is 87.5 cm³/mol. The van der Waals surface area contributed by atoms with Gasteiger partial charge >= 0.3 is 5.97 Å². The summed E-state index contributed by atoms with van der Waals surface area (Å²) < 4.78 is 10.8. The molecule has 0 amide bonds. The van der Waals surface area contributed by atoms with Crippen LogP contribution in [0.3, 0.4) is 0 Å². The number of hydrogen-bond acceptors (Lipinski definition) is 4. The van der Waals surface area contributed by atoms with Crippen molar-refractivity contribution in [1.82, 2.24) is 0 Å². The van der Waals surface area contributed by atoms with Crippen LogP contribution < -0.4 is 0 Å². The summed E-state index contributed by atoms with van der Waals surface area (Å²) in [6.07, 6.45) is 3.27. The van der Waals surface area contributed by atoms with Crippen molar-refractivity contribution in [2.24, 2.45) is 0 Å². The summed E-state index contributed by atoms with van der Waals surface area (Å²) in [5.41, 5.74) is 0.343. The van der Waals surface area contributed by atoms with E-state index in [1.165, 1.54) is 0 Å². The molecule has 4 nitrogen and oxygen atoms in total. The molecule has 5 heteroatoms. The second-order valence-electron chi connectivity index (χ2n) is 5.57. The van der Waals surface area contributed by atoms with Crippen molar-refractivity contribution in [3.05, 3.63) is 12.2 Å². The van der Waals surface area contributed by atoms with Crippen molar-refractivity contribution >= 4 is 20.3 Å². The number of hydrogen-bond donors (Lipinski definition) is 0. The fourth-order valence-electron chi connectivity index (χ4n) is 2.54. The minimum atomic E-state index is -1.97. The Kier molecular flexibility index (Phi) is 10.0. The molecule has 122 valence electrons. The Morgan fingerprint density at radius 1 is 1.00 bits per heavy atom. The predicted octanol–water partition coefficient (Wildman–Crippen LogP) is 4.21. The van der Waals surface area contributed by atoms with Gasteiger partial charge < -0.3 is 9.16 Å². The first-order chi connectivity index (χ1) is 9.90. The van der Waals surface area contributed by atoms with Crippen LogP contribution in [0.1, 0.15) is 53.4 Å². The van der Waals surface area contributed by atoms with Gasteiger partial charge in [0.1, 0.15) is 6.61 Å². The smallest absolute Gasteiger partial charge is 0.333 e. The van der Waals surface area contributed by atoms with E-state index >= 15 is 0 Å². The number of carbonyl (C=O) groups excluding carboxylic acids is 2. The van der Waals surface area contributed by atoms with Crippen LogP contribution in [-0.2, 0) is 18.8 Å². The van der Waals surface area contributed by atoms with Crippen molar-refractivity contribution in [3.8, 4) is 0 Å².